The van der Waals surface area contributed by atoms with E-state index in [-0.39, 0.29) is 0 Å². The van der Waals surface area contributed by atoms with Crippen molar-refractivity contribution in [2.75, 3.05) is 26.7 Å². The highest BCUT2D eigenvalue weighted by molar-refractivity contribution is 5.82. The summed E-state index contributed by atoms with van der Waals surface area (Å²) in [6.45, 7) is 6.69. The van der Waals surface area contributed by atoms with Crippen molar-refractivity contribution in [1.29, 1.82) is 0 Å². The van der Waals surface area contributed by atoms with E-state index in [2.05, 4.69) is 59.5 Å². The molecule has 1 fully saturated rings. The largest absolute Gasteiger partial charge is 0.319 e. The van der Waals surface area contributed by atoms with Gasteiger partial charge in [0.1, 0.15) is 0 Å². The molecule has 0 spiro atoms. The molecular weight excluding hydrogens is 258 g/mol. The van der Waals surface area contributed by atoms with Gasteiger partial charge in [-0.25, -0.2) is 0 Å². The van der Waals surface area contributed by atoms with Gasteiger partial charge in [-0.3, -0.25) is 9.88 Å². The van der Waals surface area contributed by atoms with Gasteiger partial charge in [-0.05, 0) is 63.5 Å². The molecule has 1 aliphatic rings. The number of hydrogen-bond donors (Lipinski definition) is 1. The number of piperidine rings is 1. The van der Waals surface area contributed by atoms with Crippen LogP contribution in [0, 0.1) is 12.8 Å². The zero-order valence-corrected chi connectivity index (χ0v) is 13.1. The molecule has 1 aliphatic heterocycles. The number of aryl methyl sites for hydroxylation is 1. The predicted molar refractivity (Wildman–Crippen MR) is 88.4 cm³/mol. The summed E-state index contributed by atoms with van der Waals surface area (Å²) in [5.74, 6) is 0.790. The molecule has 0 saturated carbocycles. The van der Waals surface area contributed by atoms with Crippen LogP contribution in [0.5, 0.6) is 0 Å². The third-order valence-electron chi connectivity index (χ3n) is 4.42. The molecule has 0 bridgehead atoms. The summed E-state index contributed by atoms with van der Waals surface area (Å²) in [4.78, 5) is 7.25. The van der Waals surface area contributed by atoms with Gasteiger partial charge in [0, 0.05) is 24.2 Å². The quantitative estimate of drug-likeness (QED) is 0.935. The van der Waals surface area contributed by atoms with Crippen molar-refractivity contribution < 1.29 is 0 Å². The molecule has 3 heteroatoms. The Hall–Kier alpha value is -1.45. The van der Waals surface area contributed by atoms with E-state index in [0.717, 1.165) is 30.2 Å². The minimum atomic E-state index is 0.790. The highest BCUT2D eigenvalue weighted by atomic mass is 15.1. The Labute approximate surface area is 127 Å². The van der Waals surface area contributed by atoms with Crippen LogP contribution in [-0.2, 0) is 6.54 Å². The highest BCUT2D eigenvalue weighted by Crippen LogP contribution is 2.23. The molecule has 3 nitrogen and oxygen atoms in total. The van der Waals surface area contributed by atoms with E-state index >= 15 is 0 Å². The van der Waals surface area contributed by atoms with Gasteiger partial charge in [0.2, 0.25) is 0 Å². The Kier molecular flexibility index (Phi) is 4.51. The lowest BCUT2D eigenvalue weighted by atomic mass is 9.97. The van der Waals surface area contributed by atoms with Gasteiger partial charge >= 0.3 is 0 Å². The Bertz CT molecular complexity index is 606. The number of pyridine rings is 1. The van der Waals surface area contributed by atoms with Crippen LogP contribution in [-0.4, -0.2) is 36.6 Å². The number of para-hydroxylation sites is 1. The summed E-state index contributed by atoms with van der Waals surface area (Å²) in [5.41, 5.74) is 3.66. The van der Waals surface area contributed by atoms with Crippen LogP contribution in [0.25, 0.3) is 10.9 Å². The Balaban J connectivity index is 1.81. The molecule has 1 aromatic carbocycles. The predicted octanol–water partition coefficient (Wildman–Crippen LogP) is 2.97. The van der Waals surface area contributed by atoms with Crippen LogP contribution in [0.2, 0.25) is 0 Å². The monoisotopic (exact) mass is 283 g/mol. The van der Waals surface area contributed by atoms with Gasteiger partial charge in [0.25, 0.3) is 0 Å². The van der Waals surface area contributed by atoms with E-state index in [1.165, 1.54) is 36.9 Å². The summed E-state index contributed by atoms with van der Waals surface area (Å²) in [5, 5.41) is 4.63. The van der Waals surface area contributed by atoms with Gasteiger partial charge in [0.05, 0.1) is 5.52 Å². The third-order valence-corrected chi connectivity index (χ3v) is 4.42. The van der Waals surface area contributed by atoms with E-state index in [1.807, 2.05) is 0 Å². The van der Waals surface area contributed by atoms with Gasteiger partial charge in [-0.15, -0.1) is 0 Å². The maximum absolute atomic E-state index is 4.65. The molecule has 0 radical (unpaired) electrons. The fraction of sp³-hybridized carbons (Fsp3) is 0.500. The topological polar surface area (TPSA) is 28.2 Å². The zero-order chi connectivity index (χ0) is 14.7. The maximum Gasteiger partial charge on any atom is 0.0708 e. The van der Waals surface area contributed by atoms with Crippen LogP contribution in [0.1, 0.15) is 24.1 Å². The smallest absolute Gasteiger partial charge is 0.0708 e. The van der Waals surface area contributed by atoms with Crippen molar-refractivity contribution in [3.8, 4) is 0 Å². The van der Waals surface area contributed by atoms with Crippen LogP contribution in [0.15, 0.2) is 30.3 Å². The molecule has 1 unspecified atom stereocenters. The van der Waals surface area contributed by atoms with Crippen molar-refractivity contribution in [2.24, 2.45) is 5.92 Å². The molecule has 21 heavy (non-hydrogen) atoms. The lowest BCUT2D eigenvalue weighted by Gasteiger charge is -2.33. The van der Waals surface area contributed by atoms with E-state index in [0.29, 0.717) is 0 Å². The number of benzene rings is 1. The van der Waals surface area contributed by atoms with Gasteiger partial charge in [-0.1, -0.05) is 18.2 Å². The number of likely N-dealkylation sites (tertiary alicyclic amines) is 1. The third kappa shape index (κ3) is 3.42. The molecule has 0 aliphatic carbocycles. The highest BCUT2D eigenvalue weighted by Gasteiger charge is 2.20. The zero-order valence-electron chi connectivity index (χ0n) is 13.1. The van der Waals surface area contributed by atoms with Crippen molar-refractivity contribution >= 4 is 10.9 Å². The molecule has 1 atom stereocenters. The number of fused-ring (bicyclic) bond motifs is 1. The first kappa shape index (κ1) is 14.5. The van der Waals surface area contributed by atoms with Crippen LogP contribution in [0.3, 0.4) is 0 Å². The van der Waals surface area contributed by atoms with Crippen LogP contribution < -0.4 is 5.32 Å². The second-order valence-corrected chi connectivity index (χ2v) is 6.24. The van der Waals surface area contributed by atoms with Crippen molar-refractivity contribution in [2.45, 2.75) is 26.3 Å². The van der Waals surface area contributed by atoms with Crippen molar-refractivity contribution in [3.05, 3.63) is 41.6 Å². The lowest BCUT2D eigenvalue weighted by Crippen LogP contribution is -2.38. The minimum Gasteiger partial charge on any atom is -0.319 e. The van der Waals surface area contributed by atoms with E-state index in [4.69, 9.17) is 0 Å². The van der Waals surface area contributed by atoms with Gasteiger partial charge < -0.3 is 5.32 Å². The molecule has 112 valence electrons. The SMILES string of the molecule is CNCC1CCCN(Cc2cc(C)nc3ccccc23)C1. The van der Waals surface area contributed by atoms with Crippen LogP contribution >= 0.6 is 0 Å². The van der Waals surface area contributed by atoms with E-state index in [1.54, 1.807) is 0 Å². The fourth-order valence-corrected chi connectivity index (χ4v) is 3.52. The molecule has 2 aromatic rings. The van der Waals surface area contributed by atoms with E-state index in [9.17, 15) is 0 Å². The average molecular weight is 283 g/mol. The first-order valence-electron chi connectivity index (χ1n) is 7.98. The summed E-state index contributed by atoms with van der Waals surface area (Å²) in [7, 11) is 2.05. The van der Waals surface area contributed by atoms with Crippen molar-refractivity contribution in [3.63, 3.8) is 0 Å². The summed E-state index contributed by atoms with van der Waals surface area (Å²) < 4.78 is 0. The number of nitrogens with zero attached hydrogens (tertiary/aromatic N) is 2. The van der Waals surface area contributed by atoms with Gasteiger partial charge in [0.15, 0.2) is 0 Å². The lowest BCUT2D eigenvalue weighted by molar-refractivity contribution is 0.167. The molecule has 2 heterocycles. The number of nitrogens with one attached hydrogen (secondary N) is 1. The summed E-state index contributed by atoms with van der Waals surface area (Å²) >= 11 is 0. The van der Waals surface area contributed by atoms with E-state index < -0.39 is 0 Å². The van der Waals surface area contributed by atoms with Crippen LogP contribution in [0.4, 0.5) is 0 Å². The average Bonchev–Trinajstić information content (AvgIpc) is 2.48. The summed E-state index contributed by atoms with van der Waals surface area (Å²) in [6, 6.07) is 10.8. The molecular formula is C18H25N3. The Morgan fingerprint density at radius 2 is 2.19 bits per heavy atom. The molecule has 0 amide bonds. The Morgan fingerprint density at radius 1 is 1.33 bits per heavy atom. The second-order valence-electron chi connectivity index (χ2n) is 6.24. The normalized spacial score (nSPS) is 20.0. The minimum absolute atomic E-state index is 0.790. The first-order valence-corrected chi connectivity index (χ1v) is 7.98. The second kappa shape index (κ2) is 6.54. The van der Waals surface area contributed by atoms with Crippen molar-refractivity contribution in [1.82, 2.24) is 15.2 Å². The standard InChI is InChI=1S/C18H25N3/c1-14-10-16(17-7-3-4-8-18(17)20-14)13-21-9-5-6-15(12-21)11-19-2/h3-4,7-8,10,15,19H,5-6,9,11-13H2,1-2H3. The first-order chi connectivity index (χ1) is 10.3. The fourth-order valence-electron chi connectivity index (χ4n) is 3.52. The maximum atomic E-state index is 4.65. The van der Waals surface area contributed by atoms with Gasteiger partial charge in [-0.2, -0.15) is 0 Å². The molecule has 1 N–H and O–H groups in total. The number of hydrogen-bond acceptors (Lipinski definition) is 3. The molecule has 3 rings (SSSR count). The molecule has 1 saturated heterocycles. The molecule has 1 aromatic heterocycles. The Morgan fingerprint density at radius 3 is 3.05 bits per heavy atom. The number of rotatable bonds is 4. The number of aromatic nitrogens is 1. The summed E-state index contributed by atoms with van der Waals surface area (Å²) in [6.07, 6.45) is 2.67.